The van der Waals surface area contributed by atoms with Gasteiger partial charge in [0.05, 0.1) is 21.3 Å². The van der Waals surface area contributed by atoms with Gasteiger partial charge < -0.3 is 4.74 Å². The van der Waals surface area contributed by atoms with E-state index in [-0.39, 0.29) is 5.41 Å². The topological polar surface area (TPSA) is 35.0 Å². The van der Waals surface area contributed by atoms with E-state index < -0.39 is 5.41 Å². The van der Waals surface area contributed by atoms with Crippen LogP contribution >= 0.6 is 11.3 Å². The highest BCUT2D eigenvalue weighted by Gasteiger charge is 2.52. The highest BCUT2D eigenvalue weighted by Crippen LogP contribution is 2.63. The predicted octanol–water partition coefficient (Wildman–Crippen LogP) is 13.3. The van der Waals surface area contributed by atoms with Crippen LogP contribution in [0.3, 0.4) is 0 Å². The summed E-state index contributed by atoms with van der Waals surface area (Å²) in [5, 5.41) is 1.13. The van der Waals surface area contributed by atoms with Gasteiger partial charge in [-0.3, -0.25) is 0 Å². The van der Waals surface area contributed by atoms with Crippen molar-refractivity contribution in [2.75, 3.05) is 0 Å². The highest BCUT2D eigenvalue weighted by molar-refractivity contribution is 7.26. The normalized spacial score (nSPS) is 15.5. The number of nitrogens with zero attached hydrogens (tertiary/aromatic N) is 2. The Morgan fingerprint density at radius 3 is 2.02 bits per heavy atom. The molecule has 2 aromatic heterocycles. The van der Waals surface area contributed by atoms with Crippen LogP contribution < -0.4 is 4.74 Å². The molecule has 0 saturated carbocycles. The van der Waals surface area contributed by atoms with Crippen LogP contribution in [0.2, 0.25) is 0 Å². The van der Waals surface area contributed by atoms with Gasteiger partial charge in [0.15, 0.2) is 5.82 Å². The van der Waals surface area contributed by atoms with Gasteiger partial charge in [0.25, 0.3) is 0 Å². The van der Waals surface area contributed by atoms with Crippen LogP contribution in [0.5, 0.6) is 11.5 Å². The van der Waals surface area contributed by atoms with Crippen molar-refractivity contribution in [2.24, 2.45) is 0 Å². The molecule has 0 bridgehead atoms. The number of aromatic nitrogens is 2. The summed E-state index contributed by atoms with van der Waals surface area (Å²) in [5.41, 5.74) is 15.1. The van der Waals surface area contributed by atoms with Crippen molar-refractivity contribution >= 4 is 42.8 Å². The van der Waals surface area contributed by atoms with E-state index in [2.05, 4.69) is 172 Å². The summed E-state index contributed by atoms with van der Waals surface area (Å²) in [4.78, 5) is 10.9. The Bertz CT molecular complexity index is 2990. The van der Waals surface area contributed by atoms with Gasteiger partial charge in [-0.25, -0.2) is 9.97 Å². The Kier molecular flexibility index (Phi) is 6.75. The van der Waals surface area contributed by atoms with Gasteiger partial charge in [0.2, 0.25) is 0 Å². The highest BCUT2D eigenvalue weighted by atomic mass is 32.1. The maximum atomic E-state index is 6.62. The molecule has 4 heteroatoms. The summed E-state index contributed by atoms with van der Waals surface area (Å²) < 4.78 is 8.84. The minimum absolute atomic E-state index is 0.0822. The SMILES string of the molecule is C=C(C1=C(/C=C\C)C2(c3ccccc3Oc3ccccc32)c2ccccc21)c1nc(-c2ccc3c(c2)-c2ccccc2C3(C)C)nc2c1sc1ccccc12. The molecule has 11 rings (SSSR count). The lowest BCUT2D eigenvalue weighted by atomic mass is 9.65. The molecule has 0 N–H and O–H groups in total. The maximum Gasteiger partial charge on any atom is 0.160 e. The van der Waals surface area contributed by atoms with E-state index in [1.54, 1.807) is 11.3 Å². The Morgan fingerprint density at radius 2 is 1.27 bits per heavy atom. The maximum absolute atomic E-state index is 6.62. The van der Waals surface area contributed by atoms with E-state index in [0.717, 1.165) is 71.8 Å². The molecule has 1 spiro atoms. The first kappa shape index (κ1) is 32.1. The van der Waals surface area contributed by atoms with Gasteiger partial charge in [-0.2, -0.15) is 0 Å². The third kappa shape index (κ3) is 4.26. The first-order valence-electron chi connectivity index (χ1n) is 18.9. The van der Waals surface area contributed by atoms with Crippen LogP contribution in [0.15, 0.2) is 164 Å². The van der Waals surface area contributed by atoms with E-state index in [1.807, 2.05) is 0 Å². The average Bonchev–Trinajstić information content (AvgIpc) is 3.81. The first-order chi connectivity index (χ1) is 26.9. The van der Waals surface area contributed by atoms with Crippen molar-refractivity contribution in [3.8, 4) is 34.0 Å². The van der Waals surface area contributed by atoms with Gasteiger partial charge in [-0.05, 0) is 75.7 Å². The van der Waals surface area contributed by atoms with Crippen molar-refractivity contribution in [2.45, 2.75) is 31.6 Å². The van der Waals surface area contributed by atoms with Gasteiger partial charge in [0.1, 0.15) is 11.5 Å². The predicted molar refractivity (Wildman–Crippen MR) is 228 cm³/mol. The quantitative estimate of drug-likeness (QED) is 0.181. The Hall–Kier alpha value is -6.36. The number of para-hydroxylation sites is 2. The molecular weight excluding hydrogens is 689 g/mol. The summed E-state index contributed by atoms with van der Waals surface area (Å²) in [6.45, 7) is 11.7. The third-order valence-corrected chi connectivity index (χ3v) is 13.2. The van der Waals surface area contributed by atoms with Crippen molar-refractivity contribution < 1.29 is 4.74 Å². The molecule has 0 fully saturated rings. The van der Waals surface area contributed by atoms with Gasteiger partial charge in [-0.1, -0.05) is 148 Å². The van der Waals surface area contributed by atoms with Crippen LogP contribution in [0.4, 0.5) is 0 Å². The molecule has 0 atom stereocenters. The minimum atomic E-state index is -0.623. The number of allylic oxidation sites excluding steroid dienone is 5. The lowest BCUT2D eigenvalue weighted by Crippen LogP contribution is -2.32. The van der Waals surface area contributed by atoms with Gasteiger partial charge >= 0.3 is 0 Å². The van der Waals surface area contributed by atoms with Crippen molar-refractivity contribution in [3.63, 3.8) is 0 Å². The molecule has 0 radical (unpaired) electrons. The number of hydrogen-bond acceptors (Lipinski definition) is 4. The smallest absolute Gasteiger partial charge is 0.160 e. The van der Waals surface area contributed by atoms with Gasteiger partial charge in [0, 0.05) is 37.8 Å². The lowest BCUT2D eigenvalue weighted by molar-refractivity contribution is 0.436. The summed E-state index contributed by atoms with van der Waals surface area (Å²) in [7, 11) is 0. The fourth-order valence-electron chi connectivity index (χ4n) is 9.68. The van der Waals surface area contributed by atoms with Crippen molar-refractivity contribution in [3.05, 3.63) is 203 Å². The summed E-state index contributed by atoms with van der Waals surface area (Å²) >= 11 is 1.74. The third-order valence-electron chi connectivity index (χ3n) is 12.1. The molecule has 262 valence electrons. The number of ether oxygens (including phenoxy) is 1. The zero-order valence-electron chi connectivity index (χ0n) is 30.9. The van der Waals surface area contributed by atoms with Crippen molar-refractivity contribution in [1.29, 1.82) is 0 Å². The van der Waals surface area contributed by atoms with Crippen LogP contribution in [0.1, 0.15) is 59.8 Å². The molecule has 3 aliphatic rings. The Balaban J connectivity index is 1.20. The monoisotopic (exact) mass is 724 g/mol. The fraction of sp³-hybridized carbons (Fsp3) is 0.0980. The minimum Gasteiger partial charge on any atom is -0.457 e. The second-order valence-electron chi connectivity index (χ2n) is 15.3. The number of hydrogen-bond donors (Lipinski definition) is 0. The average molecular weight is 725 g/mol. The Labute approximate surface area is 324 Å². The van der Waals surface area contributed by atoms with Crippen molar-refractivity contribution in [1.82, 2.24) is 9.97 Å². The molecule has 0 amide bonds. The standard InChI is InChI=1S/C51H36N2OS/c1-5-16-41-45(33-18-7-10-21-38(33)51(41)39-22-11-13-24-42(39)54-43-25-14-12-23-40(43)51)30(2)46-48-47(34-19-8-15-26-44(34)55-48)53-49(52-46)31-27-28-37-35(29-31)32-17-6-9-20-36(32)50(37,3)4/h5-29H,2H2,1,3-4H3/b16-5-. The van der Waals surface area contributed by atoms with Crippen LogP contribution in [-0.4, -0.2) is 9.97 Å². The molecule has 0 saturated heterocycles. The zero-order valence-corrected chi connectivity index (χ0v) is 31.7. The van der Waals surface area contributed by atoms with Gasteiger partial charge in [-0.15, -0.1) is 11.3 Å². The molecular formula is C51H36N2OS. The van der Waals surface area contributed by atoms with Crippen LogP contribution in [0, 0.1) is 0 Å². The number of thiophene rings is 1. The van der Waals surface area contributed by atoms with E-state index in [1.165, 1.54) is 32.5 Å². The largest absolute Gasteiger partial charge is 0.457 e. The summed E-state index contributed by atoms with van der Waals surface area (Å²) in [6, 6.07) is 49.9. The lowest BCUT2D eigenvalue weighted by Gasteiger charge is -2.40. The van der Waals surface area contributed by atoms with E-state index in [4.69, 9.17) is 21.3 Å². The molecule has 1 aliphatic heterocycles. The van der Waals surface area contributed by atoms with E-state index in [0.29, 0.717) is 5.82 Å². The number of benzene rings is 6. The molecule has 3 heterocycles. The Morgan fingerprint density at radius 1 is 0.655 bits per heavy atom. The molecule has 8 aromatic rings. The van der Waals surface area contributed by atoms with E-state index >= 15 is 0 Å². The van der Waals surface area contributed by atoms with Crippen LogP contribution in [0.25, 0.3) is 54.0 Å². The summed E-state index contributed by atoms with van der Waals surface area (Å²) in [5.74, 6) is 2.43. The molecule has 55 heavy (non-hydrogen) atoms. The molecule has 0 unspecified atom stereocenters. The van der Waals surface area contributed by atoms with Crippen LogP contribution in [-0.2, 0) is 10.8 Å². The number of rotatable bonds is 4. The zero-order chi connectivity index (χ0) is 37.1. The first-order valence-corrected chi connectivity index (χ1v) is 19.7. The van der Waals surface area contributed by atoms with E-state index in [9.17, 15) is 0 Å². The molecule has 2 aliphatic carbocycles. The fourth-order valence-corrected chi connectivity index (χ4v) is 10.8. The molecule has 6 aromatic carbocycles. The second kappa shape index (κ2) is 11.6. The second-order valence-corrected chi connectivity index (χ2v) is 16.3. The molecule has 3 nitrogen and oxygen atoms in total. The number of fused-ring (bicyclic) bond motifs is 12. The summed E-state index contributed by atoms with van der Waals surface area (Å²) in [6.07, 6.45) is 4.44.